The van der Waals surface area contributed by atoms with Crippen molar-refractivity contribution in [1.29, 1.82) is 10.5 Å². The molecule has 12 nitrogen and oxygen atoms in total. The molecule has 0 aliphatic rings. The Labute approximate surface area is 684 Å². The van der Waals surface area contributed by atoms with Crippen molar-refractivity contribution in [1.82, 2.24) is 46.5 Å². The van der Waals surface area contributed by atoms with Gasteiger partial charge in [-0.1, -0.05) is 291 Å². The molecule has 10 aromatic heterocycles. The first-order chi connectivity index (χ1) is 59.6. The maximum absolute atomic E-state index is 12.2. The molecule has 12 heteroatoms. The highest BCUT2D eigenvalue weighted by molar-refractivity contribution is 6.18. The van der Waals surface area contributed by atoms with Gasteiger partial charge in [-0.3, -0.25) is 18.3 Å². The topological polar surface area (TPSA) is 113 Å². The third-order valence-electron chi connectivity index (χ3n) is 24.8. The zero-order chi connectivity index (χ0) is 79.0. The van der Waals surface area contributed by atoms with E-state index in [9.17, 15) is 10.5 Å². The van der Waals surface area contributed by atoms with Gasteiger partial charge < -0.3 is 18.3 Å². The molecule has 0 radical (unpaired) electrons. The number of pyridine rings is 2. The first-order valence-corrected chi connectivity index (χ1v) is 40.4. The van der Waals surface area contributed by atoms with Crippen LogP contribution in [0.25, 0.3) is 220 Å². The Morgan fingerprint density at radius 1 is 0.142 bits per heavy atom. The van der Waals surface area contributed by atoms with Crippen LogP contribution >= 0.6 is 0 Å². The molecular weight excluding hydrogens is 1470 g/mol. The summed E-state index contributed by atoms with van der Waals surface area (Å²) in [6, 6.07) is 142. The lowest BCUT2D eigenvalue weighted by molar-refractivity contribution is 0.952. The molecule has 26 rings (SSSR count). The third-order valence-corrected chi connectivity index (χ3v) is 24.8. The van der Waals surface area contributed by atoms with E-state index in [2.05, 4.69) is 437 Å². The number of rotatable bonds is 8. The Morgan fingerprint density at radius 2 is 0.242 bits per heavy atom. The van der Waals surface area contributed by atoms with E-state index < -0.39 is 0 Å². The summed E-state index contributed by atoms with van der Waals surface area (Å²) in [5, 5.41) is 42.1. The molecule has 0 fully saturated rings. The first-order valence-electron chi connectivity index (χ1n) is 40.4. The number of fused-ring (bicyclic) bond motifs is 24. The summed E-state index contributed by atoms with van der Waals surface area (Å²) >= 11 is 0. The Kier molecular flexibility index (Phi) is 14.4. The second-order valence-corrected chi connectivity index (χ2v) is 30.8. The quantitative estimate of drug-likeness (QED) is 0.151. The number of para-hydroxylation sites is 16. The highest BCUT2D eigenvalue weighted by atomic mass is 15.2. The largest absolute Gasteiger partial charge is 0.305 e. The fourth-order valence-electron chi connectivity index (χ4n) is 20.0. The summed E-state index contributed by atoms with van der Waals surface area (Å²) in [7, 11) is 0. The van der Waals surface area contributed by atoms with E-state index in [1.165, 1.54) is 0 Å². The Hall–Kier alpha value is -16.8. The molecule has 0 aliphatic carbocycles. The predicted octanol–water partition coefficient (Wildman–Crippen LogP) is 26.7. The van der Waals surface area contributed by atoms with Crippen molar-refractivity contribution in [2.24, 2.45) is 0 Å². The molecule has 26 aromatic rings. The van der Waals surface area contributed by atoms with Gasteiger partial charge in [0.2, 0.25) is 0 Å². The van der Waals surface area contributed by atoms with E-state index in [0.29, 0.717) is 57.1 Å². The van der Waals surface area contributed by atoms with Crippen LogP contribution in [0.5, 0.6) is 0 Å². The average molecular weight is 1530 g/mol. The van der Waals surface area contributed by atoms with Crippen molar-refractivity contribution in [3.63, 3.8) is 0 Å². The Bertz CT molecular complexity index is 7550. The zero-order valence-electron chi connectivity index (χ0n) is 64.3. The lowest BCUT2D eigenvalue weighted by atomic mass is 10.1. The average Bonchev–Trinajstić information content (AvgIpc) is 1.56. The van der Waals surface area contributed by atoms with E-state index >= 15 is 0 Å². The highest BCUT2D eigenvalue weighted by Gasteiger charge is 2.35. The summed E-state index contributed by atoms with van der Waals surface area (Å²) < 4.78 is 18.2. The van der Waals surface area contributed by atoms with E-state index in [-0.39, 0.29) is 0 Å². The van der Waals surface area contributed by atoms with Gasteiger partial charge in [0.25, 0.3) is 0 Å². The number of hydrogen-bond acceptors (Lipinski definition) is 4. The van der Waals surface area contributed by atoms with Crippen LogP contribution in [0.3, 0.4) is 0 Å². The van der Waals surface area contributed by atoms with Crippen LogP contribution in [0.2, 0.25) is 0 Å². The minimum absolute atomic E-state index is 0.511. The molecule has 0 N–H and O–H groups in total. The smallest absolute Gasteiger partial charge is 0.166 e. The van der Waals surface area contributed by atoms with Crippen molar-refractivity contribution < 1.29 is 0 Å². The molecule has 0 spiro atoms. The van der Waals surface area contributed by atoms with Gasteiger partial charge in [0.15, 0.2) is 23.3 Å². The van der Waals surface area contributed by atoms with Crippen molar-refractivity contribution in [2.75, 3.05) is 0 Å². The maximum Gasteiger partial charge on any atom is 0.166 e. The summed E-state index contributed by atoms with van der Waals surface area (Å²) in [6.45, 7) is 0. The summed E-state index contributed by atoms with van der Waals surface area (Å²) in [6.07, 6.45) is 0. The van der Waals surface area contributed by atoms with Crippen LogP contribution in [0.15, 0.2) is 388 Å². The van der Waals surface area contributed by atoms with Gasteiger partial charge in [-0.2, -0.15) is 10.5 Å². The van der Waals surface area contributed by atoms with Gasteiger partial charge in [-0.15, -0.1) is 0 Å². The highest BCUT2D eigenvalue weighted by Crippen LogP contribution is 2.49. The van der Waals surface area contributed by atoms with E-state index in [4.69, 9.17) is 9.97 Å². The Morgan fingerprint density at radius 3 is 0.350 bits per heavy atom. The number of benzene rings is 16. The molecule has 0 amide bonds. The number of nitriles is 2. The van der Waals surface area contributed by atoms with E-state index in [1.54, 1.807) is 0 Å². The van der Waals surface area contributed by atoms with Gasteiger partial charge in [0.1, 0.15) is 46.0 Å². The molecule has 0 atom stereocenters. The standard InChI is InChI=1S/2C54H32N6/c2*55-33-42-51(57-43-25-9-1-17-34(43)35-18-2-10-26-44(35)57)53(59-47-29-13-5-21-38(47)39-22-6-14-30-48(39)59)56-54(60-49-31-15-7-23-40(49)41-24-8-16-32-50(41)60)52(42)58-45-27-11-3-19-36(45)37-20-4-12-28-46(37)58/h2*1-32H. The van der Waals surface area contributed by atoms with Crippen LogP contribution in [-0.4, -0.2) is 46.5 Å². The summed E-state index contributed by atoms with van der Waals surface area (Å²) in [5.74, 6) is 2.65. The normalized spacial score (nSPS) is 12.0. The summed E-state index contributed by atoms with van der Waals surface area (Å²) in [4.78, 5) is 12.1. The molecule has 0 saturated carbocycles. The van der Waals surface area contributed by atoms with Crippen molar-refractivity contribution in [2.45, 2.75) is 0 Å². The molecule has 0 aliphatic heterocycles. The van der Waals surface area contributed by atoms with E-state index in [0.717, 1.165) is 174 Å². The van der Waals surface area contributed by atoms with Crippen molar-refractivity contribution >= 4 is 174 Å². The minimum atomic E-state index is 0.511. The molecule has 0 bridgehead atoms. The van der Waals surface area contributed by atoms with Gasteiger partial charge in [0, 0.05) is 86.2 Å². The zero-order valence-corrected chi connectivity index (χ0v) is 64.3. The first kappa shape index (κ1) is 66.6. The molecule has 120 heavy (non-hydrogen) atoms. The molecular formula is C108H64N12. The fourth-order valence-corrected chi connectivity index (χ4v) is 20.0. The van der Waals surface area contributed by atoms with Crippen LogP contribution in [0.4, 0.5) is 0 Å². The van der Waals surface area contributed by atoms with Gasteiger partial charge >= 0.3 is 0 Å². The molecule has 10 heterocycles. The second kappa shape index (κ2) is 25.9. The second-order valence-electron chi connectivity index (χ2n) is 30.8. The molecule has 0 saturated heterocycles. The van der Waals surface area contributed by atoms with Crippen molar-refractivity contribution in [3.05, 3.63) is 399 Å². The molecule has 16 aromatic carbocycles. The van der Waals surface area contributed by atoms with E-state index in [1.807, 2.05) is 0 Å². The lowest BCUT2D eigenvalue weighted by Gasteiger charge is -2.24. The SMILES string of the molecule is N#Cc1c(-n2c3ccccc3c3ccccc32)c(-n2c3ccccc3c3ccccc32)nc(-n2c3ccccc3c3ccccc32)c1-n1c2ccccc2c2ccccc21.N#Cc1c(-n2c3ccccc3c3ccccc32)c(-n2c3ccccc3c3ccccc32)nc(-n2c3ccccc3c3ccccc32)c1-n1c2ccccc2c2ccccc21. The Balaban J connectivity index is 0.000000133. The van der Waals surface area contributed by atoms with Crippen LogP contribution < -0.4 is 0 Å². The number of aromatic nitrogens is 10. The summed E-state index contributed by atoms with van der Waals surface area (Å²) in [5.41, 5.74) is 19.9. The predicted molar refractivity (Wildman–Crippen MR) is 493 cm³/mol. The minimum Gasteiger partial charge on any atom is -0.305 e. The fraction of sp³-hybridized carbons (Fsp3) is 0. The lowest BCUT2D eigenvalue weighted by Crippen LogP contribution is -2.16. The maximum atomic E-state index is 12.2. The molecule has 0 unspecified atom stereocenters. The molecule has 556 valence electrons. The van der Waals surface area contributed by atoms with Gasteiger partial charge in [-0.05, 0) is 97.1 Å². The third kappa shape index (κ3) is 9.26. The van der Waals surface area contributed by atoms with Crippen LogP contribution in [0, 0.1) is 22.7 Å². The van der Waals surface area contributed by atoms with Gasteiger partial charge in [-0.25, -0.2) is 9.97 Å². The monoisotopic (exact) mass is 1530 g/mol. The van der Waals surface area contributed by atoms with Crippen LogP contribution in [-0.2, 0) is 0 Å². The number of nitrogens with zero attached hydrogens (tertiary/aromatic N) is 12. The van der Waals surface area contributed by atoms with Gasteiger partial charge in [0.05, 0.1) is 88.3 Å². The van der Waals surface area contributed by atoms with Crippen LogP contribution in [0.1, 0.15) is 11.1 Å². The number of hydrogen-bond donors (Lipinski definition) is 0. The van der Waals surface area contributed by atoms with Crippen molar-refractivity contribution in [3.8, 4) is 58.2 Å².